The lowest BCUT2D eigenvalue weighted by atomic mass is 10.1. The number of hydrogen-bond donors (Lipinski definition) is 0. The molecule has 0 aliphatic rings. The first-order valence-electron chi connectivity index (χ1n) is 30.0. The molecule has 0 aliphatic carbocycles. The second-order valence-corrected chi connectivity index (χ2v) is 26.2. The molecule has 0 N–H and O–H groups in total. The van der Waals surface area contributed by atoms with Crippen LogP contribution in [0.15, 0.2) is 291 Å². The van der Waals surface area contributed by atoms with Crippen molar-refractivity contribution in [1.82, 2.24) is 0 Å². The SMILES string of the molecule is COc1ccc(N(c2ccc(C)cc2)c2ccc([Si](c3ccc(N(c4ccc(C)cc4)c4ccc(C)cc4)cc3)(c3ccc(N(c4ccc(C)cc4)c4ccc(OC)cc4)cc3)c3ccc(N(c4ccc(OC)cc4)c4ccc(OC)cc4)cc3)cc2)cc1. The van der Waals surface area contributed by atoms with Crippen LogP contribution in [0.2, 0.25) is 0 Å². The molecule has 0 saturated heterocycles. The summed E-state index contributed by atoms with van der Waals surface area (Å²) >= 11 is 0. The smallest absolute Gasteiger partial charge is 0.179 e. The third-order valence-corrected chi connectivity index (χ3v) is 21.5. The van der Waals surface area contributed by atoms with E-state index in [0.29, 0.717) is 0 Å². The normalized spacial score (nSPS) is 11.1. The number of hydrogen-bond acceptors (Lipinski definition) is 8. The average Bonchev–Trinajstić information content (AvgIpc) is 1.16. The molecule has 0 heterocycles. The van der Waals surface area contributed by atoms with E-state index in [2.05, 4.69) is 290 Å². The summed E-state index contributed by atoms with van der Waals surface area (Å²) in [5.74, 6) is 3.18. The molecule has 0 spiro atoms. The zero-order chi connectivity index (χ0) is 61.4. The van der Waals surface area contributed by atoms with Gasteiger partial charge >= 0.3 is 0 Å². The zero-order valence-electron chi connectivity index (χ0n) is 51.6. The number of benzene rings is 12. The van der Waals surface area contributed by atoms with Crippen LogP contribution in [0.4, 0.5) is 68.2 Å². The number of rotatable bonds is 20. The van der Waals surface area contributed by atoms with Crippen LogP contribution in [-0.2, 0) is 0 Å². The fourth-order valence-electron chi connectivity index (χ4n) is 11.9. The van der Waals surface area contributed by atoms with Crippen LogP contribution < -0.4 is 59.3 Å². The van der Waals surface area contributed by atoms with Crippen LogP contribution >= 0.6 is 0 Å². The minimum absolute atomic E-state index is 0.787. The predicted octanol–water partition coefficient (Wildman–Crippen LogP) is 18.2. The highest BCUT2D eigenvalue weighted by Crippen LogP contribution is 2.40. The van der Waals surface area contributed by atoms with E-state index in [0.717, 1.165) is 91.2 Å². The largest absolute Gasteiger partial charge is 0.497 e. The predicted molar refractivity (Wildman–Crippen MR) is 374 cm³/mol. The monoisotopic (exact) mass is 1180 g/mol. The number of ether oxygens (including phenoxy) is 4. The van der Waals surface area contributed by atoms with E-state index in [1.54, 1.807) is 28.4 Å². The van der Waals surface area contributed by atoms with E-state index < -0.39 is 8.07 Å². The maximum atomic E-state index is 5.65. The minimum atomic E-state index is -3.38. The Morgan fingerprint density at radius 3 is 0.438 bits per heavy atom. The van der Waals surface area contributed by atoms with E-state index in [9.17, 15) is 0 Å². The summed E-state index contributed by atoms with van der Waals surface area (Å²) in [6.45, 7) is 8.53. The highest BCUT2D eigenvalue weighted by atomic mass is 28.3. The molecule has 12 aromatic rings. The highest BCUT2D eigenvalue weighted by molar-refractivity contribution is 7.19. The fraction of sp³-hybridized carbons (Fsp3) is 0.100. The molecule has 0 bridgehead atoms. The summed E-state index contributed by atoms with van der Waals surface area (Å²) in [5, 5.41) is 4.87. The number of nitrogens with zero attached hydrogens (tertiary/aromatic N) is 4. The third-order valence-electron chi connectivity index (χ3n) is 16.7. The van der Waals surface area contributed by atoms with Gasteiger partial charge in [0.15, 0.2) is 8.07 Å². The van der Waals surface area contributed by atoms with Gasteiger partial charge in [-0.3, -0.25) is 0 Å². The molecular formula is C80H72N4O4Si. The minimum Gasteiger partial charge on any atom is -0.497 e. The van der Waals surface area contributed by atoms with Crippen molar-refractivity contribution in [3.8, 4) is 23.0 Å². The van der Waals surface area contributed by atoms with E-state index in [1.807, 2.05) is 48.5 Å². The van der Waals surface area contributed by atoms with Gasteiger partial charge in [0.2, 0.25) is 0 Å². The van der Waals surface area contributed by atoms with Gasteiger partial charge in [0.05, 0.1) is 28.4 Å². The molecule has 0 aliphatic heterocycles. The Bertz CT molecular complexity index is 4030. The number of aryl methyl sites for hydroxylation is 4. The van der Waals surface area contributed by atoms with Gasteiger partial charge in [0.25, 0.3) is 0 Å². The van der Waals surface area contributed by atoms with Crippen LogP contribution in [0.5, 0.6) is 23.0 Å². The van der Waals surface area contributed by atoms with E-state index in [1.165, 1.54) is 43.0 Å². The molecule has 0 atom stereocenters. The molecule has 440 valence electrons. The Balaban J connectivity index is 1.09. The topological polar surface area (TPSA) is 49.9 Å². The van der Waals surface area contributed by atoms with Crippen LogP contribution in [0.1, 0.15) is 22.3 Å². The Kier molecular flexibility index (Phi) is 17.2. The second kappa shape index (κ2) is 26.1. The third kappa shape index (κ3) is 12.2. The highest BCUT2D eigenvalue weighted by Gasteiger charge is 2.42. The quantitative estimate of drug-likeness (QED) is 0.0553. The summed E-state index contributed by atoms with van der Waals surface area (Å²) in [6, 6.07) is 106. The number of anilines is 12. The van der Waals surface area contributed by atoms with Gasteiger partial charge in [-0.1, -0.05) is 119 Å². The molecule has 12 aromatic carbocycles. The first-order chi connectivity index (χ1) is 43.5. The molecule has 0 amide bonds. The van der Waals surface area contributed by atoms with Crippen LogP contribution in [0.25, 0.3) is 0 Å². The van der Waals surface area contributed by atoms with Crippen molar-refractivity contribution < 1.29 is 18.9 Å². The van der Waals surface area contributed by atoms with Crippen molar-refractivity contribution in [2.75, 3.05) is 48.0 Å². The second-order valence-electron chi connectivity index (χ2n) is 22.4. The van der Waals surface area contributed by atoms with Gasteiger partial charge in [-0.25, -0.2) is 0 Å². The van der Waals surface area contributed by atoms with Crippen molar-refractivity contribution in [3.63, 3.8) is 0 Å². The first kappa shape index (κ1) is 58.6. The molecule has 0 radical (unpaired) electrons. The van der Waals surface area contributed by atoms with E-state index in [-0.39, 0.29) is 0 Å². The maximum absolute atomic E-state index is 5.65. The fourth-order valence-corrected chi connectivity index (χ4v) is 16.6. The molecule has 0 unspecified atom stereocenters. The van der Waals surface area contributed by atoms with Crippen molar-refractivity contribution >= 4 is 97.1 Å². The molecule has 9 heteroatoms. The van der Waals surface area contributed by atoms with Crippen molar-refractivity contribution in [2.45, 2.75) is 27.7 Å². The van der Waals surface area contributed by atoms with Gasteiger partial charge in [-0.2, -0.15) is 0 Å². The lowest BCUT2D eigenvalue weighted by Crippen LogP contribution is -2.74. The summed E-state index contributed by atoms with van der Waals surface area (Å²) in [7, 11) is 3.43. The average molecular weight is 1180 g/mol. The zero-order valence-corrected chi connectivity index (χ0v) is 52.6. The lowest BCUT2D eigenvalue weighted by Gasteiger charge is -2.36. The van der Waals surface area contributed by atoms with Gasteiger partial charge < -0.3 is 38.5 Å². The van der Waals surface area contributed by atoms with Crippen LogP contribution in [0, 0.1) is 27.7 Å². The van der Waals surface area contributed by atoms with Crippen LogP contribution in [-0.4, -0.2) is 36.5 Å². The maximum Gasteiger partial charge on any atom is 0.179 e. The van der Waals surface area contributed by atoms with Gasteiger partial charge in [0.1, 0.15) is 23.0 Å². The molecule has 89 heavy (non-hydrogen) atoms. The summed E-state index contributed by atoms with van der Waals surface area (Å²) < 4.78 is 22.6. The molecule has 8 nitrogen and oxygen atoms in total. The van der Waals surface area contributed by atoms with E-state index >= 15 is 0 Å². The number of methoxy groups -OCH3 is 4. The summed E-state index contributed by atoms with van der Waals surface area (Å²) in [5.41, 5.74) is 17.2. The molecule has 0 saturated carbocycles. The van der Waals surface area contributed by atoms with Crippen molar-refractivity contribution in [3.05, 3.63) is 313 Å². The Labute approximate surface area is 525 Å². The van der Waals surface area contributed by atoms with E-state index in [4.69, 9.17) is 18.9 Å². The molecule has 12 rings (SSSR count). The van der Waals surface area contributed by atoms with Crippen molar-refractivity contribution in [1.29, 1.82) is 0 Å². The molecular weight excluding hydrogens is 1110 g/mol. The van der Waals surface area contributed by atoms with Gasteiger partial charge in [-0.05, 0) is 243 Å². The molecule has 0 aromatic heterocycles. The Morgan fingerprint density at radius 2 is 0.303 bits per heavy atom. The van der Waals surface area contributed by atoms with Gasteiger partial charge in [0, 0.05) is 68.2 Å². The summed E-state index contributed by atoms with van der Waals surface area (Å²) in [4.78, 5) is 9.28. The van der Waals surface area contributed by atoms with Gasteiger partial charge in [-0.15, -0.1) is 0 Å². The summed E-state index contributed by atoms with van der Waals surface area (Å²) in [6.07, 6.45) is 0. The van der Waals surface area contributed by atoms with Crippen molar-refractivity contribution in [2.24, 2.45) is 0 Å². The lowest BCUT2D eigenvalue weighted by molar-refractivity contribution is 0.414. The molecule has 0 fully saturated rings. The standard InChI is InChI=1S/C80H72N4O4Si/c1-57-9-17-61(18-10-57)81(62-19-11-58(2)12-20-62)69-33-49-77(50-34-69)89(78-51-35-70(36-52-78)82(63-21-13-59(3)14-22-63)65-25-41-73(85-5)42-26-65,79-53-37-71(38-54-79)83(64-23-15-60(4)16-24-64)66-27-43-74(86-6)44-28-66)80-55-39-72(40-56-80)84(67-29-45-75(87-7)46-30-67)68-31-47-76(88-8)48-32-68/h9-56H,1-8H3. The Morgan fingerprint density at radius 1 is 0.180 bits per heavy atom. The Hall–Kier alpha value is -10.7. The van der Waals surface area contributed by atoms with Crippen LogP contribution in [0.3, 0.4) is 0 Å². The first-order valence-corrected chi connectivity index (χ1v) is 32.0.